The highest BCUT2D eigenvalue weighted by molar-refractivity contribution is 8.06. The second-order valence-electron chi connectivity index (χ2n) is 5.75. The number of hydrogen-bond acceptors (Lipinski definition) is 4. The lowest BCUT2D eigenvalue weighted by Crippen LogP contribution is -2.41. The van der Waals surface area contributed by atoms with Gasteiger partial charge >= 0.3 is 6.03 Å². The van der Waals surface area contributed by atoms with Crippen LogP contribution in [0, 0.1) is 0 Å². The highest BCUT2D eigenvalue weighted by Gasteiger charge is 2.14. The number of amides is 2. The third-order valence-corrected chi connectivity index (χ3v) is 6.41. The molecular weight excluding hydrogens is 328 g/mol. The van der Waals surface area contributed by atoms with Gasteiger partial charge in [-0.15, -0.1) is 0 Å². The second kappa shape index (κ2) is 9.98. The monoisotopic (exact) mass is 354 g/mol. The Hall–Kier alpha value is -1.01. The summed E-state index contributed by atoms with van der Waals surface area (Å²) in [5.41, 5.74) is 1.20. The number of benzene rings is 1. The van der Waals surface area contributed by atoms with Crippen molar-refractivity contribution in [1.82, 2.24) is 10.6 Å². The van der Waals surface area contributed by atoms with Gasteiger partial charge in [-0.3, -0.25) is 0 Å². The first kappa shape index (κ1) is 18.3. The quantitative estimate of drug-likeness (QED) is 0.738. The minimum atomic E-state index is -0.109. The number of thioether (sulfide) groups is 2. The standard InChI is InChI=1S/C17H26N2O2S2/c1-13(2)15-5-3-4-6-16(15)21-8-7-18-17(20)19-11-14-12-22-9-10-23-14/h3-6,13-14H,7-12H2,1-2H3,(H2,18,19,20). The van der Waals surface area contributed by atoms with E-state index in [0.29, 0.717) is 24.3 Å². The van der Waals surface area contributed by atoms with E-state index in [2.05, 4.69) is 30.5 Å². The van der Waals surface area contributed by atoms with Crippen LogP contribution in [-0.2, 0) is 0 Å². The van der Waals surface area contributed by atoms with E-state index in [0.717, 1.165) is 18.0 Å². The van der Waals surface area contributed by atoms with Crippen molar-refractivity contribution in [3.05, 3.63) is 29.8 Å². The van der Waals surface area contributed by atoms with Gasteiger partial charge in [-0.05, 0) is 17.5 Å². The zero-order valence-corrected chi connectivity index (χ0v) is 15.5. The van der Waals surface area contributed by atoms with Crippen molar-refractivity contribution in [2.75, 3.05) is 37.0 Å². The normalized spacial score (nSPS) is 17.8. The Labute approximate surface area is 147 Å². The Bertz CT molecular complexity index is 491. The number of ether oxygens (including phenoxy) is 1. The fraction of sp³-hybridized carbons (Fsp3) is 0.588. The number of urea groups is 1. The van der Waals surface area contributed by atoms with E-state index >= 15 is 0 Å². The topological polar surface area (TPSA) is 50.4 Å². The maximum absolute atomic E-state index is 11.8. The van der Waals surface area contributed by atoms with E-state index < -0.39 is 0 Å². The largest absolute Gasteiger partial charge is 0.491 e. The van der Waals surface area contributed by atoms with Gasteiger partial charge in [0.05, 0.1) is 6.54 Å². The summed E-state index contributed by atoms with van der Waals surface area (Å²) in [7, 11) is 0. The molecule has 0 aliphatic carbocycles. The van der Waals surface area contributed by atoms with E-state index in [1.54, 1.807) is 0 Å². The summed E-state index contributed by atoms with van der Waals surface area (Å²) in [6.45, 7) is 6.02. The van der Waals surface area contributed by atoms with Gasteiger partial charge in [-0.2, -0.15) is 23.5 Å². The van der Waals surface area contributed by atoms with Crippen LogP contribution in [0.1, 0.15) is 25.3 Å². The van der Waals surface area contributed by atoms with Crippen molar-refractivity contribution in [2.45, 2.75) is 25.0 Å². The number of para-hydroxylation sites is 1. The third kappa shape index (κ3) is 6.55. The Balaban J connectivity index is 1.62. The Kier molecular flexibility index (Phi) is 7.95. The van der Waals surface area contributed by atoms with Crippen molar-refractivity contribution in [1.29, 1.82) is 0 Å². The summed E-state index contributed by atoms with van der Waals surface area (Å²) >= 11 is 3.91. The summed E-state index contributed by atoms with van der Waals surface area (Å²) < 4.78 is 5.79. The maximum Gasteiger partial charge on any atom is 0.314 e. The van der Waals surface area contributed by atoms with Crippen LogP contribution in [-0.4, -0.2) is 48.2 Å². The van der Waals surface area contributed by atoms with Crippen molar-refractivity contribution >= 4 is 29.6 Å². The van der Waals surface area contributed by atoms with Crippen LogP contribution in [0.5, 0.6) is 5.75 Å². The summed E-state index contributed by atoms with van der Waals surface area (Å²) in [5, 5.41) is 6.33. The SMILES string of the molecule is CC(C)c1ccccc1OCCNC(=O)NCC1CSCCS1. The predicted octanol–water partition coefficient (Wildman–Crippen LogP) is 3.34. The van der Waals surface area contributed by atoms with Crippen LogP contribution in [0.3, 0.4) is 0 Å². The molecule has 1 aromatic carbocycles. The first-order chi connectivity index (χ1) is 11.2. The summed E-state index contributed by atoms with van der Waals surface area (Å²) in [6.07, 6.45) is 0. The lowest BCUT2D eigenvalue weighted by molar-refractivity contribution is 0.236. The summed E-state index contributed by atoms with van der Waals surface area (Å²) in [6, 6.07) is 7.95. The van der Waals surface area contributed by atoms with Gasteiger partial charge in [0.2, 0.25) is 0 Å². The van der Waals surface area contributed by atoms with Gasteiger partial charge in [0.15, 0.2) is 0 Å². The molecule has 0 bridgehead atoms. The van der Waals surface area contributed by atoms with Gasteiger partial charge in [-0.25, -0.2) is 4.79 Å². The number of hydrogen-bond donors (Lipinski definition) is 2. The Morgan fingerprint density at radius 1 is 1.30 bits per heavy atom. The molecule has 1 unspecified atom stereocenters. The van der Waals surface area contributed by atoms with Gasteiger partial charge in [0, 0.05) is 29.1 Å². The molecule has 1 heterocycles. The first-order valence-corrected chi connectivity index (χ1v) is 10.3. The van der Waals surface area contributed by atoms with Crippen molar-refractivity contribution in [2.24, 2.45) is 0 Å². The Morgan fingerprint density at radius 2 is 2.13 bits per heavy atom. The van der Waals surface area contributed by atoms with E-state index in [-0.39, 0.29) is 6.03 Å². The third-order valence-electron chi connectivity index (χ3n) is 3.56. The molecule has 1 aliphatic heterocycles. The molecule has 0 aromatic heterocycles. The van der Waals surface area contributed by atoms with Crippen LogP contribution in [0.15, 0.2) is 24.3 Å². The van der Waals surface area contributed by atoms with Gasteiger partial charge < -0.3 is 15.4 Å². The molecule has 0 saturated carbocycles. The van der Waals surface area contributed by atoms with Gasteiger partial charge in [-0.1, -0.05) is 32.0 Å². The number of nitrogens with one attached hydrogen (secondary N) is 2. The molecule has 1 aliphatic rings. The summed E-state index contributed by atoms with van der Waals surface area (Å²) in [4.78, 5) is 11.8. The highest BCUT2D eigenvalue weighted by atomic mass is 32.2. The van der Waals surface area contributed by atoms with Crippen molar-refractivity contribution in [3.63, 3.8) is 0 Å². The zero-order valence-electron chi connectivity index (χ0n) is 13.8. The maximum atomic E-state index is 11.8. The van der Waals surface area contributed by atoms with E-state index in [1.807, 2.05) is 41.7 Å². The molecule has 23 heavy (non-hydrogen) atoms. The van der Waals surface area contributed by atoms with Crippen LogP contribution in [0.2, 0.25) is 0 Å². The Morgan fingerprint density at radius 3 is 2.87 bits per heavy atom. The molecule has 2 amide bonds. The molecule has 2 rings (SSSR count). The fourth-order valence-corrected chi connectivity index (χ4v) is 4.95. The molecule has 6 heteroatoms. The molecule has 0 spiro atoms. The highest BCUT2D eigenvalue weighted by Crippen LogP contribution is 2.25. The molecule has 1 atom stereocenters. The van der Waals surface area contributed by atoms with E-state index in [4.69, 9.17) is 4.74 Å². The lowest BCUT2D eigenvalue weighted by Gasteiger charge is -2.21. The van der Waals surface area contributed by atoms with Crippen LogP contribution < -0.4 is 15.4 Å². The lowest BCUT2D eigenvalue weighted by atomic mass is 10.0. The molecule has 2 N–H and O–H groups in total. The van der Waals surface area contributed by atoms with Gasteiger partial charge in [0.25, 0.3) is 0 Å². The molecule has 4 nitrogen and oxygen atoms in total. The van der Waals surface area contributed by atoms with E-state index in [9.17, 15) is 4.79 Å². The van der Waals surface area contributed by atoms with Crippen LogP contribution in [0.4, 0.5) is 4.79 Å². The number of carbonyl (C=O) groups excluding carboxylic acids is 1. The zero-order chi connectivity index (χ0) is 16.5. The molecule has 1 aromatic rings. The molecule has 1 fully saturated rings. The predicted molar refractivity (Wildman–Crippen MR) is 101 cm³/mol. The fourth-order valence-electron chi connectivity index (χ4n) is 2.34. The molecular formula is C17H26N2O2S2. The van der Waals surface area contributed by atoms with Crippen molar-refractivity contribution < 1.29 is 9.53 Å². The average molecular weight is 355 g/mol. The number of rotatable bonds is 7. The van der Waals surface area contributed by atoms with E-state index in [1.165, 1.54) is 17.1 Å². The van der Waals surface area contributed by atoms with Crippen LogP contribution in [0.25, 0.3) is 0 Å². The average Bonchev–Trinajstić information content (AvgIpc) is 2.58. The van der Waals surface area contributed by atoms with Gasteiger partial charge in [0.1, 0.15) is 12.4 Å². The second-order valence-corrected chi connectivity index (χ2v) is 8.30. The van der Waals surface area contributed by atoms with Crippen molar-refractivity contribution in [3.8, 4) is 5.75 Å². The molecule has 128 valence electrons. The summed E-state index contributed by atoms with van der Waals surface area (Å²) in [5.74, 6) is 4.86. The smallest absolute Gasteiger partial charge is 0.314 e. The van der Waals surface area contributed by atoms with Crippen LogP contribution >= 0.6 is 23.5 Å². The minimum absolute atomic E-state index is 0.109. The molecule has 1 saturated heterocycles. The minimum Gasteiger partial charge on any atom is -0.491 e. The first-order valence-electron chi connectivity index (χ1n) is 8.09. The number of carbonyl (C=O) groups is 1. The molecule has 0 radical (unpaired) electrons.